The van der Waals surface area contributed by atoms with E-state index in [0.29, 0.717) is 0 Å². The fourth-order valence-corrected chi connectivity index (χ4v) is 0.875. The summed E-state index contributed by atoms with van der Waals surface area (Å²) in [5, 5.41) is 26.7. The van der Waals surface area contributed by atoms with Crippen LogP contribution in [-0.4, -0.2) is 27.6 Å². The summed E-state index contributed by atoms with van der Waals surface area (Å²) in [6, 6.07) is 0. The molecule has 0 unspecified atom stereocenters. The smallest absolute Gasteiger partial charge is 0.155 e. The van der Waals surface area contributed by atoms with Crippen LogP contribution in [-0.2, 0) is 14.4 Å². The average molecular weight is 439 g/mol. The molecule has 0 radical (unpaired) electrons. The molecule has 2 N–H and O–H groups in total. The van der Waals surface area contributed by atoms with E-state index in [1.54, 1.807) is 0 Å². The zero-order chi connectivity index (χ0) is 17.6. The molecule has 0 aromatic rings. The van der Waals surface area contributed by atoms with Crippen LogP contribution in [0.5, 0.6) is 0 Å². The van der Waals surface area contributed by atoms with Crippen molar-refractivity contribution in [3.8, 4) is 0 Å². The van der Waals surface area contributed by atoms with E-state index in [4.69, 9.17) is 10.2 Å². The summed E-state index contributed by atoms with van der Waals surface area (Å²) in [6.07, 6.45) is 3.39. The van der Waals surface area contributed by atoms with Gasteiger partial charge in [-0.05, 0) is 40.7 Å². The first kappa shape index (κ1) is 29.1. The molecule has 0 aliphatic carbocycles. The zero-order valence-corrected chi connectivity index (χ0v) is 16.9. The number of hydrogen-bond donors (Lipinski definition) is 2. The van der Waals surface area contributed by atoms with Crippen LogP contribution < -0.4 is 5.11 Å². The van der Waals surface area contributed by atoms with Gasteiger partial charge < -0.3 is 15.3 Å². The maximum Gasteiger partial charge on any atom is 0.155 e. The standard InChI is InChI=1S/3C5H8O2.Ce/c3*1-4(6)3-5(2)7;/h3*3,6H,1-2H3;/p-1/b3*4-3-;. The number of aliphatic hydroxyl groups excluding tert-OH is 2. The second kappa shape index (κ2) is 18.1. The van der Waals surface area contributed by atoms with Crippen molar-refractivity contribution < 1.29 is 71.5 Å². The van der Waals surface area contributed by atoms with Crippen molar-refractivity contribution in [3.05, 3.63) is 35.5 Å². The van der Waals surface area contributed by atoms with Crippen LogP contribution in [0.1, 0.15) is 41.5 Å². The van der Waals surface area contributed by atoms with E-state index in [9.17, 15) is 19.5 Å². The third kappa shape index (κ3) is 50.9. The quantitative estimate of drug-likeness (QED) is 0.513. The van der Waals surface area contributed by atoms with E-state index >= 15 is 0 Å². The van der Waals surface area contributed by atoms with Gasteiger partial charge in [0.05, 0.1) is 11.5 Å². The molecule has 0 rings (SSSR count). The summed E-state index contributed by atoms with van der Waals surface area (Å²) in [7, 11) is 0. The van der Waals surface area contributed by atoms with Crippen molar-refractivity contribution in [2.45, 2.75) is 41.5 Å². The van der Waals surface area contributed by atoms with Crippen molar-refractivity contribution in [3.63, 3.8) is 0 Å². The van der Waals surface area contributed by atoms with E-state index in [2.05, 4.69) is 0 Å². The molecule has 0 spiro atoms. The molecule has 6 nitrogen and oxygen atoms in total. The second-order valence-corrected chi connectivity index (χ2v) is 4.16. The normalized spacial score (nSPS) is 10.9. The Morgan fingerprint density at radius 2 is 0.909 bits per heavy atom. The number of carbonyl (C=O) groups is 3. The number of allylic oxidation sites excluding steroid dienone is 6. The van der Waals surface area contributed by atoms with Gasteiger partial charge in [0.2, 0.25) is 0 Å². The first-order valence-corrected chi connectivity index (χ1v) is 6.00. The monoisotopic (exact) mass is 439 g/mol. The Morgan fingerprint density at radius 3 is 0.909 bits per heavy atom. The number of ketones is 3. The van der Waals surface area contributed by atoms with Gasteiger partial charge >= 0.3 is 0 Å². The summed E-state index contributed by atoms with van der Waals surface area (Å²) in [6.45, 7) is 8.39. The minimum atomic E-state index is -0.187. The largest absolute Gasteiger partial charge is 0.876 e. The Kier molecular flexibility index (Phi) is 23.9. The van der Waals surface area contributed by atoms with Gasteiger partial charge in [0.15, 0.2) is 17.3 Å². The molecule has 22 heavy (non-hydrogen) atoms. The number of hydrogen-bond acceptors (Lipinski definition) is 6. The Morgan fingerprint density at radius 1 is 0.682 bits per heavy atom. The van der Waals surface area contributed by atoms with Crippen molar-refractivity contribution in [1.29, 1.82) is 0 Å². The Bertz CT molecular complexity index is 368. The topological polar surface area (TPSA) is 115 Å². The zero-order valence-electron chi connectivity index (χ0n) is 13.8. The summed E-state index contributed by atoms with van der Waals surface area (Å²) in [4.78, 5) is 30.0. The van der Waals surface area contributed by atoms with E-state index in [1.807, 2.05) is 0 Å². The Hall–Kier alpha value is -0.993. The third-order valence-corrected chi connectivity index (χ3v) is 1.23. The first-order valence-electron chi connectivity index (χ1n) is 6.00. The van der Waals surface area contributed by atoms with Gasteiger partial charge in [-0.25, -0.2) is 0 Å². The molecule has 0 saturated carbocycles. The van der Waals surface area contributed by atoms with E-state index in [1.165, 1.54) is 53.7 Å². The predicted molar refractivity (Wildman–Crippen MR) is 78.6 cm³/mol. The van der Waals surface area contributed by atoms with Crippen molar-refractivity contribution in [2.75, 3.05) is 0 Å². The summed E-state index contributed by atoms with van der Waals surface area (Å²) in [5.74, 6) is -0.500. The Labute approximate surface area is 165 Å². The maximum absolute atomic E-state index is 10.0. The van der Waals surface area contributed by atoms with Gasteiger partial charge in [-0.3, -0.25) is 14.4 Å². The molecular formula is C15H23CeO6-. The summed E-state index contributed by atoms with van der Waals surface area (Å²) in [5.41, 5.74) is 0. The van der Waals surface area contributed by atoms with Crippen molar-refractivity contribution >= 4 is 17.3 Å². The number of aliphatic hydroxyl groups is 2. The number of rotatable bonds is 3. The van der Waals surface area contributed by atoms with E-state index in [-0.39, 0.29) is 76.4 Å². The molecule has 0 heterocycles. The minimum Gasteiger partial charge on any atom is -0.876 e. The van der Waals surface area contributed by atoms with Crippen LogP contribution in [0.4, 0.5) is 0 Å². The van der Waals surface area contributed by atoms with Gasteiger partial charge in [0, 0.05) is 53.9 Å². The van der Waals surface area contributed by atoms with Gasteiger partial charge in [-0.1, -0.05) is 6.92 Å². The van der Waals surface area contributed by atoms with E-state index < -0.39 is 0 Å². The molecule has 0 atom stereocenters. The molecule has 0 aromatic carbocycles. The van der Waals surface area contributed by atoms with Gasteiger partial charge in [-0.15, -0.1) is 5.76 Å². The molecule has 0 saturated heterocycles. The maximum atomic E-state index is 10.0. The van der Waals surface area contributed by atoms with Crippen LogP contribution >= 0.6 is 0 Å². The molecule has 0 aliphatic rings. The minimum absolute atomic E-state index is 0. The van der Waals surface area contributed by atoms with Gasteiger partial charge in [0.1, 0.15) is 0 Å². The predicted octanol–water partition coefficient (Wildman–Crippen LogP) is 1.91. The SMILES string of the molecule is CC(=O)/C=C(/C)O.CC(=O)/C=C(/C)O.CC(=O)/C=C(/C)[O-].[Ce]. The fraction of sp³-hybridized carbons (Fsp3) is 0.400. The number of carbonyl (C=O) groups excluding carboxylic acids is 3. The van der Waals surface area contributed by atoms with Crippen LogP contribution in [0.3, 0.4) is 0 Å². The molecule has 7 heteroatoms. The van der Waals surface area contributed by atoms with Crippen molar-refractivity contribution in [2.24, 2.45) is 0 Å². The average Bonchev–Trinajstić information content (AvgIpc) is 2.10. The van der Waals surface area contributed by atoms with E-state index in [0.717, 1.165) is 6.08 Å². The third-order valence-electron chi connectivity index (χ3n) is 1.23. The van der Waals surface area contributed by atoms with Crippen LogP contribution in [0.15, 0.2) is 35.5 Å². The Balaban J connectivity index is -0.000000108. The molecule has 124 valence electrons. The summed E-state index contributed by atoms with van der Waals surface area (Å²) >= 11 is 0. The van der Waals surface area contributed by atoms with Gasteiger partial charge in [0.25, 0.3) is 0 Å². The van der Waals surface area contributed by atoms with Crippen LogP contribution in [0, 0.1) is 41.7 Å². The van der Waals surface area contributed by atoms with Gasteiger partial charge in [-0.2, -0.15) is 0 Å². The molecule has 0 aliphatic heterocycles. The molecule has 0 bridgehead atoms. The summed E-state index contributed by atoms with van der Waals surface area (Å²) < 4.78 is 0. The molecule has 0 fully saturated rings. The van der Waals surface area contributed by atoms with Crippen LogP contribution in [0.25, 0.3) is 0 Å². The molecule has 0 aromatic heterocycles. The van der Waals surface area contributed by atoms with Crippen LogP contribution in [0.2, 0.25) is 0 Å². The second-order valence-electron chi connectivity index (χ2n) is 4.16. The molecule has 0 amide bonds. The van der Waals surface area contributed by atoms with Crippen molar-refractivity contribution in [1.82, 2.24) is 0 Å². The molecular weight excluding hydrogens is 416 g/mol. The fourth-order valence-electron chi connectivity index (χ4n) is 0.875. The first-order chi connectivity index (χ1) is 9.38.